The van der Waals surface area contributed by atoms with Gasteiger partial charge in [-0.1, -0.05) is 53.0 Å². The van der Waals surface area contributed by atoms with E-state index in [0.29, 0.717) is 22.5 Å². The lowest BCUT2D eigenvalue weighted by atomic mass is 9.98. The van der Waals surface area contributed by atoms with Gasteiger partial charge in [0.15, 0.2) is 0 Å². The van der Waals surface area contributed by atoms with E-state index in [-0.39, 0.29) is 5.41 Å². The van der Waals surface area contributed by atoms with Crippen molar-refractivity contribution in [3.05, 3.63) is 39.6 Å². The minimum atomic E-state index is 0.0295. The van der Waals surface area contributed by atoms with Crippen LogP contribution in [0, 0.1) is 5.41 Å². The van der Waals surface area contributed by atoms with E-state index in [1.54, 1.807) is 4.68 Å². The molecule has 0 bridgehead atoms. The van der Waals surface area contributed by atoms with Gasteiger partial charge in [0.05, 0.1) is 23.0 Å². The fourth-order valence-corrected chi connectivity index (χ4v) is 3.40. The Bertz CT molecular complexity index is 743. The predicted molar refractivity (Wildman–Crippen MR) is 103 cm³/mol. The molecule has 0 aliphatic heterocycles. The summed E-state index contributed by atoms with van der Waals surface area (Å²) in [5.74, 6) is 0.660. The number of nitrogens with zero attached hydrogens (tertiary/aromatic N) is 2. The second-order valence-electron chi connectivity index (χ2n) is 7.04. The van der Waals surface area contributed by atoms with Crippen molar-refractivity contribution in [1.29, 1.82) is 0 Å². The van der Waals surface area contributed by atoms with Crippen molar-refractivity contribution in [1.82, 2.24) is 9.78 Å². The van der Waals surface area contributed by atoms with Crippen LogP contribution in [-0.4, -0.2) is 21.7 Å². The summed E-state index contributed by atoms with van der Waals surface area (Å²) in [4.78, 5) is 0. The number of aromatic nitrogens is 2. The Morgan fingerprint density at radius 1 is 1.25 bits per heavy atom. The largest absolute Gasteiger partial charge is 0.491 e. The number of aryl methyl sites for hydroxylation is 1. The second-order valence-corrected chi connectivity index (χ2v) is 8.36. The monoisotopic (exact) mass is 430 g/mol. The Morgan fingerprint density at radius 3 is 2.71 bits per heavy atom. The highest BCUT2D eigenvalue weighted by molar-refractivity contribution is 9.09. The van der Waals surface area contributed by atoms with E-state index in [2.05, 4.69) is 29.8 Å². The third-order valence-electron chi connectivity index (χ3n) is 4.23. The minimum Gasteiger partial charge on any atom is -0.491 e. The third-order valence-corrected chi connectivity index (χ3v) is 6.45. The molecule has 1 heterocycles. The van der Waals surface area contributed by atoms with E-state index in [9.17, 15) is 0 Å². The zero-order valence-electron chi connectivity index (χ0n) is 13.9. The van der Waals surface area contributed by atoms with E-state index in [0.717, 1.165) is 29.6 Å². The van der Waals surface area contributed by atoms with Crippen LogP contribution < -0.4 is 4.74 Å². The zero-order chi connectivity index (χ0) is 17.3. The lowest BCUT2D eigenvalue weighted by Crippen LogP contribution is -2.23. The van der Waals surface area contributed by atoms with Crippen LogP contribution in [0.4, 0.5) is 0 Å². The van der Waals surface area contributed by atoms with Crippen LogP contribution in [0.3, 0.4) is 0 Å². The quantitative estimate of drug-likeness (QED) is 0.554. The molecule has 6 heteroatoms. The van der Waals surface area contributed by atoms with Crippen LogP contribution in [0.25, 0.3) is 5.69 Å². The molecule has 0 radical (unpaired) electrons. The summed E-state index contributed by atoms with van der Waals surface area (Å²) in [7, 11) is 0. The molecule has 1 aliphatic carbocycles. The van der Waals surface area contributed by atoms with Gasteiger partial charge in [0.1, 0.15) is 10.9 Å². The van der Waals surface area contributed by atoms with Crippen molar-refractivity contribution in [2.75, 3.05) is 11.9 Å². The number of hydrogen-bond acceptors (Lipinski definition) is 2. The summed E-state index contributed by atoms with van der Waals surface area (Å²) in [6, 6.07) is 5.68. The van der Waals surface area contributed by atoms with E-state index in [1.807, 2.05) is 18.2 Å². The molecule has 0 spiro atoms. The van der Waals surface area contributed by atoms with Crippen molar-refractivity contribution in [2.45, 2.75) is 39.5 Å². The van der Waals surface area contributed by atoms with Crippen molar-refractivity contribution >= 4 is 39.1 Å². The normalized spacial score (nSPS) is 14.5. The molecule has 0 N–H and O–H groups in total. The van der Waals surface area contributed by atoms with Gasteiger partial charge in [0.2, 0.25) is 0 Å². The van der Waals surface area contributed by atoms with Crippen LogP contribution in [0.1, 0.15) is 37.9 Å². The highest BCUT2D eigenvalue weighted by Crippen LogP contribution is 2.33. The summed E-state index contributed by atoms with van der Waals surface area (Å²) in [6.45, 7) is 4.85. The maximum absolute atomic E-state index is 6.56. The standard InChI is InChI=1S/C18H21BrCl2N2O/c1-18(2,10-19)11-24-16-9-12(7-8-14(16)20)23-17(21)13-5-3-4-6-15(13)22-23/h7-9H,3-6,10-11H2,1-2H3. The Hall–Kier alpha value is -0.710. The molecule has 1 aromatic carbocycles. The van der Waals surface area contributed by atoms with Crippen LogP contribution in [0.5, 0.6) is 5.75 Å². The van der Waals surface area contributed by atoms with Gasteiger partial charge in [-0.3, -0.25) is 0 Å². The van der Waals surface area contributed by atoms with E-state index >= 15 is 0 Å². The lowest BCUT2D eigenvalue weighted by Gasteiger charge is -2.22. The SMILES string of the molecule is CC(C)(CBr)COc1cc(-n2nc3c(c2Cl)CCCC3)ccc1Cl. The molecule has 3 nitrogen and oxygen atoms in total. The third kappa shape index (κ3) is 3.76. The van der Waals surface area contributed by atoms with Crippen LogP contribution in [0.15, 0.2) is 18.2 Å². The molecular weight excluding hydrogens is 411 g/mol. The van der Waals surface area contributed by atoms with Crippen molar-refractivity contribution in [3.63, 3.8) is 0 Å². The molecule has 1 aliphatic rings. The van der Waals surface area contributed by atoms with Crippen molar-refractivity contribution < 1.29 is 4.74 Å². The minimum absolute atomic E-state index is 0.0295. The lowest BCUT2D eigenvalue weighted by molar-refractivity contribution is 0.203. The topological polar surface area (TPSA) is 27.1 Å². The van der Waals surface area contributed by atoms with Gasteiger partial charge in [-0.2, -0.15) is 5.10 Å². The summed E-state index contributed by atoms with van der Waals surface area (Å²) >= 11 is 16.4. The van der Waals surface area contributed by atoms with E-state index in [1.165, 1.54) is 18.4 Å². The maximum atomic E-state index is 6.56. The molecule has 3 rings (SSSR count). The average Bonchev–Trinajstić information content (AvgIpc) is 2.91. The average molecular weight is 432 g/mol. The number of benzene rings is 1. The number of halogens is 3. The smallest absolute Gasteiger partial charge is 0.140 e. The molecule has 2 aromatic rings. The summed E-state index contributed by atoms with van der Waals surface area (Å²) in [6.07, 6.45) is 4.36. The van der Waals surface area contributed by atoms with Gasteiger partial charge in [0.25, 0.3) is 0 Å². The first-order valence-electron chi connectivity index (χ1n) is 8.16. The van der Waals surface area contributed by atoms with E-state index in [4.69, 9.17) is 33.0 Å². The number of alkyl halides is 1. The molecule has 24 heavy (non-hydrogen) atoms. The van der Waals surface area contributed by atoms with Gasteiger partial charge in [0, 0.05) is 22.4 Å². The van der Waals surface area contributed by atoms with Gasteiger partial charge < -0.3 is 4.74 Å². The van der Waals surface area contributed by atoms with Gasteiger partial charge in [-0.05, 0) is 37.8 Å². The fourth-order valence-electron chi connectivity index (χ4n) is 2.73. The first kappa shape index (κ1) is 18.1. The first-order valence-corrected chi connectivity index (χ1v) is 10.0. The highest BCUT2D eigenvalue weighted by atomic mass is 79.9. The summed E-state index contributed by atoms with van der Waals surface area (Å²) < 4.78 is 7.75. The molecule has 0 amide bonds. The fraction of sp³-hybridized carbons (Fsp3) is 0.500. The molecule has 0 atom stereocenters. The van der Waals surface area contributed by atoms with Crippen LogP contribution >= 0.6 is 39.1 Å². The number of hydrogen-bond donors (Lipinski definition) is 0. The molecule has 0 saturated heterocycles. The molecule has 130 valence electrons. The van der Waals surface area contributed by atoms with Crippen LogP contribution in [-0.2, 0) is 12.8 Å². The first-order chi connectivity index (χ1) is 11.4. The van der Waals surface area contributed by atoms with Crippen molar-refractivity contribution in [3.8, 4) is 11.4 Å². The number of fused-ring (bicyclic) bond motifs is 1. The molecule has 1 aromatic heterocycles. The Morgan fingerprint density at radius 2 is 2.00 bits per heavy atom. The maximum Gasteiger partial charge on any atom is 0.140 e. The molecule has 0 unspecified atom stereocenters. The zero-order valence-corrected chi connectivity index (χ0v) is 17.0. The molecular formula is C18H21BrCl2N2O. The highest BCUT2D eigenvalue weighted by Gasteiger charge is 2.21. The number of rotatable bonds is 5. The van der Waals surface area contributed by atoms with E-state index < -0.39 is 0 Å². The number of ether oxygens (including phenoxy) is 1. The Labute approximate surface area is 161 Å². The van der Waals surface area contributed by atoms with Crippen molar-refractivity contribution in [2.24, 2.45) is 5.41 Å². The summed E-state index contributed by atoms with van der Waals surface area (Å²) in [5.41, 5.74) is 3.21. The van der Waals surface area contributed by atoms with Gasteiger partial charge in [-0.25, -0.2) is 4.68 Å². The molecule has 0 saturated carbocycles. The van der Waals surface area contributed by atoms with Crippen LogP contribution in [0.2, 0.25) is 10.2 Å². The van der Waals surface area contributed by atoms with Gasteiger partial charge in [-0.15, -0.1) is 0 Å². The van der Waals surface area contributed by atoms with Gasteiger partial charge >= 0.3 is 0 Å². The Balaban J connectivity index is 1.90. The Kier molecular flexibility index (Phi) is 5.48. The predicted octanol–water partition coefficient (Wildman–Crippen LogP) is 5.86. The summed E-state index contributed by atoms with van der Waals surface area (Å²) in [5, 5.41) is 6.85. The molecule has 0 fully saturated rings. The second kappa shape index (κ2) is 7.27.